The maximum Gasteiger partial charge on any atom is 0.326 e. The third kappa shape index (κ3) is 9.29. The number of primary amides is 2. The first-order chi connectivity index (χ1) is 14.9. The maximum absolute atomic E-state index is 12.9. The average molecular weight is 457 g/mol. The van der Waals surface area contributed by atoms with Gasteiger partial charge in [0.05, 0.1) is 18.9 Å². The molecule has 13 heteroatoms. The van der Waals surface area contributed by atoms with E-state index in [4.69, 9.17) is 16.6 Å². The molecule has 0 aliphatic carbocycles. The molecule has 0 aromatic rings. The topological polar surface area (TPSA) is 223 Å². The third-order valence-electron chi connectivity index (χ3n) is 4.78. The molecule has 13 nitrogen and oxygen atoms in total. The Morgan fingerprint density at radius 2 is 1.44 bits per heavy atom. The number of carboxylic acid groups (broad SMARTS) is 1. The Kier molecular flexibility index (Phi) is 10.5. The van der Waals surface area contributed by atoms with E-state index < -0.39 is 66.6 Å². The molecule has 180 valence electrons. The van der Waals surface area contributed by atoms with Gasteiger partial charge in [0, 0.05) is 0 Å². The van der Waals surface area contributed by atoms with E-state index in [9.17, 15) is 28.8 Å². The van der Waals surface area contributed by atoms with Crippen LogP contribution in [-0.4, -0.2) is 71.3 Å². The van der Waals surface area contributed by atoms with Crippen molar-refractivity contribution in [2.45, 2.75) is 70.1 Å². The zero-order valence-electron chi connectivity index (χ0n) is 18.2. The number of carbonyl (C=O) groups excluding carboxylic acids is 5. The van der Waals surface area contributed by atoms with Gasteiger partial charge in [0.2, 0.25) is 29.5 Å². The van der Waals surface area contributed by atoms with E-state index in [-0.39, 0.29) is 18.2 Å². The van der Waals surface area contributed by atoms with Gasteiger partial charge in [-0.05, 0) is 31.7 Å². The van der Waals surface area contributed by atoms with Crippen molar-refractivity contribution in [3.63, 3.8) is 0 Å². The summed E-state index contributed by atoms with van der Waals surface area (Å²) in [5.41, 5.74) is 10.1. The van der Waals surface area contributed by atoms with Crippen molar-refractivity contribution < 1.29 is 33.9 Å². The number of amides is 5. The summed E-state index contributed by atoms with van der Waals surface area (Å²) in [5, 5.41) is 19.2. The minimum atomic E-state index is -1.65. The van der Waals surface area contributed by atoms with Gasteiger partial charge in [0.25, 0.3) is 0 Å². The lowest BCUT2D eigenvalue weighted by molar-refractivity contribution is -0.144. The summed E-state index contributed by atoms with van der Waals surface area (Å²) in [7, 11) is 0. The molecule has 0 saturated carbocycles. The Balaban J connectivity index is 2.93. The summed E-state index contributed by atoms with van der Waals surface area (Å²) < 4.78 is 0. The van der Waals surface area contributed by atoms with Gasteiger partial charge in [-0.2, -0.15) is 0 Å². The standard InChI is InChI=1S/C19H32N6O7/c1-9(2)6-11(23-16(28)10-4-3-5-22-10)17(29)24-12(7-14(20)26)18(30)25-13(19(31)32)8-15(21)27/h9-13,22H,3-8H2,1-2H3,(H2,20,26)(H2,21,27)(H,23,28)(H,24,29)(H,25,30)(H,31,32). The molecule has 9 N–H and O–H groups in total. The summed E-state index contributed by atoms with van der Waals surface area (Å²) in [5.74, 6) is -5.51. The van der Waals surface area contributed by atoms with Crippen LogP contribution >= 0.6 is 0 Å². The molecule has 4 atom stereocenters. The normalized spacial score (nSPS) is 18.3. The molecule has 1 saturated heterocycles. The van der Waals surface area contributed by atoms with Crippen LogP contribution in [0.2, 0.25) is 0 Å². The average Bonchev–Trinajstić information content (AvgIpc) is 3.20. The molecule has 0 bridgehead atoms. The number of aliphatic carboxylic acids is 1. The van der Waals surface area contributed by atoms with E-state index in [0.29, 0.717) is 13.0 Å². The molecule has 0 aromatic heterocycles. The maximum atomic E-state index is 12.9. The Morgan fingerprint density at radius 1 is 0.906 bits per heavy atom. The van der Waals surface area contributed by atoms with Gasteiger partial charge in [-0.1, -0.05) is 13.8 Å². The van der Waals surface area contributed by atoms with Crippen molar-refractivity contribution in [1.29, 1.82) is 0 Å². The quantitative estimate of drug-likeness (QED) is 0.152. The fourth-order valence-electron chi connectivity index (χ4n) is 3.24. The van der Waals surface area contributed by atoms with E-state index in [1.54, 1.807) is 0 Å². The number of hydrogen-bond acceptors (Lipinski definition) is 7. The number of rotatable bonds is 13. The first-order valence-electron chi connectivity index (χ1n) is 10.3. The summed E-state index contributed by atoms with van der Waals surface area (Å²) in [4.78, 5) is 71.6. The fraction of sp³-hybridized carbons (Fsp3) is 0.684. The molecular formula is C19H32N6O7. The smallest absolute Gasteiger partial charge is 0.326 e. The highest BCUT2D eigenvalue weighted by Crippen LogP contribution is 2.09. The van der Waals surface area contributed by atoms with Crippen LogP contribution in [0.4, 0.5) is 0 Å². The molecule has 0 spiro atoms. The van der Waals surface area contributed by atoms with Crippen molar-refractivity contribution in [2.24, 2.45) is 17.4 Å². The van der Waals surface area contributed by atoms with Crippen LogP contribution in [0.25, 0.3) is 0 Å². The summed E-state index contributed by atoms with van der Waals surface area (Å²) in [6.45, 7) is 4.38. The van der Waals surface area contributed by atoms with Gasteiger partial charge in [0.15, 0.2) is 0 Å². The van der Waals surface area contributed by atoms with Crippen LogP contribution < -0.4 is 32.7 Å². The number of hydrogen-bond donors (Lipinski definition) is 7. The second-order valence-corrected chi connectivity index (χ2v) is 8.14. The highest BCUT2D eigenvalue weighted by molar-refractivity contribution is 5.96. The van der Waals surface area contributed by atoms with Gasteiger partial charge in [0.1, 0.15) is 18.1 Å². The molecule has 0 aromatic carbocycles. The highest BCUT2D eigenvalue weighted by Gasteiger charge is 2.32. The lowest BCUT2D eigenvalue weighted by Crippen LogP contribution is -2.58. The predicted octanol–water partition coefficient (Wildman–Crippen LogP) is -2.93. The molecule has 5 amide bonds. The van der Waals surface area contributed by atoms with Crippen molar-refractivity contribution in [3.05, 3.63) is 0 Å². The van der Waals surface area contributed by atoms with Crippen LogP contribution in [0.1, 0.15) is 46.0 Å². The minimum Gasteiger partial charge on any atom is -0.480 e. The molecular weight excluding hydrogens is 424 g/mol. The monoisotopic (exact) mass is 456 g/mol. The van der Waals surface area contributed by atoms with Crippen molar-refractivity contribution in [2.75, 3.05) is 6.54 Å². The molecule has 1 aliphatic heterocycles. The number of carboxylic acids is 1. The highest BCUT2D eigenvalue weighted by atomic mass is 16.4. The number of carbonyl (C=O) groups is 6. The molecule has 0 radical (unpaired) electrons. The summed E-state index contributed by atoms with van der Waals surface area (Å²) in [6, 6.07) is -4.57. The fourth-order valence-corrected chi connectivity index (χ4v) is 3.24. The van der Waals surface area contributed by atoms with E-state index in [1.807, 2.05) is 13.8 Å². The Bertz CT molecular complexity index is 736. The van der Waals surface area contributed by atoms with Crippen molar-refractivity contribution in [1.82, 2.24) is 21.3 Å². The largest absolute Gasteiger partial charge is 0.480 e. The summed E-state index contributed by atoms with van der Waals surface area (Å²) >= 11 is 0. The van der Waals surface area contributed by atoms with E-state index in [1.165, 1.54) is 0 Å². The van der Waals surface area contributed by atoms with Crippen LogP contribution in [0.3, 0.4) is 0 Å². The lowest BCUT2D eigenvalue weighted by Gasteiger charge is -2.25. The van der Waals surface area contributed by atoms with Crippen LogP contribution in [0.15, 0.2) is 0 Å². The molecule has 4 unspecified atom stereocenters. The Morgan fingerprint density at radius 3 is 1.91 bits per heavy atom. The molecule has 1 aliphatic rings. The van der Waals surface area contributed by atoms with Gasteiger partial charge in [-0.15, -0.1) is 0 Å². The van der Waals surface area contributed by atoms with Crippen LogP contribution in [0.5, 0.6) is 0 Å². The van der Waals surface area contributed by atoms with Crippen molar-refractivity contribution in [3.8, 4) is 0 Å². The second-order valence-electron chi connectivity index (χ2n) is 8.14. The first-order valence-corrected chi connectivity index (χ1v) is 10.3. The molecule has 32 heavy (non-hydrogen) atoms. The minimum absolute atomic E-state index is 0.0120. The van der Waals surface area contributed by atoms with E-state index >= 15 is 0 Å². The van der Waals surface area contributed by atoms with Crippen LogP contribution in [-0.2, 0) is 28.8 Å². The van der Waals surface area contributed by atoms with Crippen molar-refractivity contribution >= 4 is 35.5 Å². The van der Waals surface area contributed by atoms with Gasteiger partial charge < -0.3 is 37.8 Å². The molecule has 1 rings (SSSR count). The third-order valence-corrected chi connectivity index (χ3v) is 4.78. The lowest BCUT2D eigenvalue weighted by atomic mass is 10.0. The van der Waals surface area contributed by atoms with E-state index in [0.717, 1.165) is 6.42 Å². The predicted molar refractivity (Wildman–Crippen MR) is 112 cm³/mol. The Hall–Kier alpha value is -3.22. The van der Waals surface area contributed by atoms with Gasteiger partial charge in [-0.25, -0.2) is 4.79 Å². The SMILES string of the molecule is CC(C)CC(NC(=O)C1CCCN1)C(=O)NC(CC(N)=O)C(=O)NC(CC(N)=O)C(=O)O. The zero-order chi connectivity index (χ0) is 24.4. The second kappa shape index (κ2) is 12.6. The molecule has 1 fully saturated rings. The Labute approximate surface area is 185 Å². The number of nitrogens with one attached hydrogen (secondary N) is 4. The van der Waals surface area contributed by atoms with Gasteiger partial charge >= 0.3 is 5.97 Å². The van der Waals surface area contributed by atoms with Crippen LogP contribution in [0, 0.1) is 5.92 Å². The first kappa shape index (κ1) is 26.8. The number of nitrogens with two attached hydrogens (primary N) is 2. The zero-order valence-corrected chi connectivity index (χ0v) is 18.2. The van der Waals surface area contributed by atoms with E-state index in [2.05, 4.69) is 21.3 Å². The summed E-state index contributed by atoms with van der Waals surface area (Å²) in [6.07, 6.45) is 0.418. The molecule has 1 heterocycles. The van der Waals surface area contributed by atoms with Gasteiger partial charge in [-0.3, -0.25) is 24.0 Å².